The Balaban J connectivity index is 2.07. The van der Waals surface area contributed by atoms with Gasteiger partial charge in [0.25, 0.3) is 0 Å². The van der Waals surface area contributed by atoms with E-state index in [1.165, 1.54) is 13.8 Å². The highest BCUT2D eigenvalue weighted by molar-refractivity contribution is 9.15. The SMILES string of the molecule is CC(=O)Oc1ccc(C(=C(Br)c2ccccc2)c2ccc(OC(C)=O)cc2)cc1. The second kappa shape index (κ2) is 9.34. The van der Waals surface area contributed by atoms with Crippen LogP contribution in [0, 0.1) is 0 Å². The molecule has 0 bridgehead atoms. The number of carbonyl (C=O) groups is 2. The van der Waals surface area contributed by atoms with Crippen LogP contribution >= 0.6 is 15.9 Å². The normalized spacial score (nSPS) is 10.2. The Bertz CT molecular complexity index is 975. The van der Waals surface area contributed by atoms with Crippen molar-refractivity contribution in [1.29, 1.82) is 0 Å². The minimum absolute atomic E-state index is 0.361. The number of ether oxygens (including phenoxy) is 2. The summed E-state index contributed by atoms with van der Waals surface area (Å²) in [5.41, 5.74) is 3.87. The fraction of sp³-hybridized carbons (Fsp3) is 0.0833. The number of halogens is 1. The van der Waals surface area contributed by atoms with Crippen LogP contribution in [0.4, 0.5) is 0 Å². The first-order chi connectivity index (χ1) is 13.9. The molecule has 0 fully saturated rings. The van der Waals surface area contributed by atoms with Gasteiger partial charge in [0.05, 0.1) is 0 Å². The lowest BCUT2D eigenvalue weighted by Crippen LogP contribution is -2.02. The molecule has 3 rings (SSSR count). The molecule has 0 N–H and O–H groups in total. The molecule has 0 spiro atoms. The lowest BCUT2D eigenvalue weighted by Gasteiger charge is -2.14. The second-order valence-corrected chi connectivity index (χ2v) is 7.08. The lowest BCUT2D eigenvalue weighted by molar-refractivity contribution is -0.132. The van der Waals surface area contributed by atoms with Gasteiger partial charge in [0.1, 0.15) is 11.5 Å². The molecule has 0 radical (unpaired) electrons. The molecule has 0 atom stereocenters. The van der Waals surface area contributed by atoms with E-state index in [0.717, 1.165) is 26.7 Å². The number of hydrogen-bond donors (Lipinski definition) is 0. The fourth-order valence-corrected chi connectivity index (χ4v) is 3.58. The van der Waals surface area contributed by atoms with E-state index in [0.29, 0.717) is 11.5 Å². The Morgan fingerprint density at radius 1 is 0.621 bits per heavy atom. The van der Waals surface area contributed by atoms with Crippen LogP contribution in [0.5, 0.6) is 11.5 Å². The van der Waals surface area contributed by atoms with Crippen molar-refractivity contribution in [2.45, 2.75) is 13.8 Å². The third-order valence-corrected chi connectivity index (χ3v) is 4.91. The maximum Gasteiger partial charge on any atom is 0.308 e. The highest BCUT2D eigenvalue weighted by Gasteiger charge is 2.13. The van der Waals surface area contributed by atoms with Gasteiger partial charge in [-0.3, -0.25) is 9.59 Å². The van der Waals surface area contributed by atoms with Crippen LogP contribution in [0.25, 0.3) is 10.1 Å². The van der Waals surface area contributed by atoms with E-state index in [1.54, 1.807) is 24.3 Å². The molecule has 0 unspecified atom stereocenters. The van der Waals surface area contributed by atoms with Gasteiger partial charge >= 0.3 is 11.9 Å². The summed E-state index contributed by atoms with van der Waals surface area (Å²) < 4.78 is 11.2. The fourth-order valence-electron chi connectivity index (χ4n) is 2.86. The van der Waals surface area contributed by atoms with Gasteiger partial charge in [0.15, 0.2) is 0 Å². The number of benzene rings is 3. The van der Waals surface area contributed by atoms with E-state index in [9.17, 15) is 9.59 Å². The Morgan fingerprint density at radius 2 is 1.03 bits per heavy atom. The highest BCUT2D eigenvalue weighted by atomic mass is 79.9. The molecular formula is C24H19BrO4. The molecule has 3 aromatic rings. The number of esters is 2. The zero-order valence-electron chi connectivity index (χ0n) is 16.0. The minimum Gasteiger partial charge on any atom is -0.427 e. The van der Waals surface area contributed by atoms with Gasteiger partial charge in [-0.2, -0.15) is 0 Å². The Hall–Kier alpha value is -3.18. The summed E-state index contributed by atoms with van der Waals surface area (Å²) in [6, 6.07) is 24.6. The number of rotatable bonds is 5. The van der Waals surface area contributed by atoms with Gasteiger partial charge in [-0.1, -0.05) is 54.6 Å². The second-order valence-electron chi connectivity index (χ2n) is 6.29. The van der Waals surface area contributed by atoms with E-state index in [-0.39, 0.29) is 11.9 Å². The van der Waals surface area contributed by atoms with Crippen LogP contribution in [0.2, 0.25) is 0 Å². The van der Waals surface area contributed by atoms with Crippen LogP contribution in [0.1, 0.15) is 30.5 Å². The molecule has 0 saturated heterocycles. The van der Waals surface area contributed by atoms with Crippen molar-refractivity contribution >= 4 is 37.9 Å². The molecule has 0 aliphatic carbocycles. The molecule has 0 aliphatic rings. The number of hydrogen-bond acceptors (Lipinski definition) is 4. The maximum atomic E-state index is 11.2. The predicted molar refractivity (Wildman–Crippen MR) is 117 cm³/mol. The van der Waals surface area contributed by atoms with E-state index in [2.05, 4.69) is 15.9 Å². The Morgan fingerprint density at radius 3 is 1.41 bits per heavy atom. The standard InChI is InChI=1S/C24H19BrO4/c1-16(26)28-21-12-8-18(9-13-21)23(24(25)20-6-4-3-5-7-20)19-10-14-22(15-11-19)29-17(2)27/h3-15H,1-2H3. The topological polar surface area (TPSA) is 52.6 Å². The molecule has 0 aromatic heterocycles. The van der Waals surface area contributed by atoms with E-state index in [4.69, 9.17) is 9.47 Å². The van der Waals surface area contributed by atoms with E-state index >= 15 is 0 Å². The van der Waals surface area contributed by atoms with Crippen LogP contribution in [-0.4, -0.2) is 11.9 Å². The quantitative estimate of drug-likeness (QED) is 0.278. The number of carbonyl (C=O) groups excluding carboxylic acids is 2. The largest absolute Gasteiger partial charge is 0.427 e. The molecule has 0 saturated carbocycles. The van der Waals surface area contributed by atoms with Gasteiger partial charge < -0.3 is 9.47 Å². The first kappa shape index (κ1) is 20.6. The monoisotopic (exact) mass is 450 g/mol. The van der Waals surface area contributed by atoms with Gasteiger partial charge in [-0.25, -0.2) is 0 Å². The summed E-state index contributed by atoms with van der Waals surface area (Å²) in [5.74, 6) is 0.253. The van der Waals surface area contributed by atoms with Crippen LogP contribution < -0.4 is 9.47 Å². The van der Waals surface area contributed by atoms with Crippen molar-refractivity contribution in [3.05, 3.63) is 95.6 Å². The molecule has 0 aliphatic heterocycles. The van der Waals surface area contributed by atoms with E-state index < -0.39 is 0 Å². The summed E-state index contributed by atoms with van der Waals surface area (Å²) in [6.45, 7) is 2.74. The van der Waals surface area contributed by atoms with Crippen molar-refractivity contribution in [1.82, 2.24) is 0 Å². The first-order valence-electron chi connectivity index (χ1n) is 8.97. The molecule has 0 amide bonds. The van der Waals surface area contributed by atoms with Gasteiger partial charge in [0.2, 0.25) is 0 Å². The summed E-state index contributed by atoms with van der Waals surface area (Å²) in [4.78, 5) is 22.4. The summed E-state index contributed by atoms with van der Waals surface area (Å²) >= 11 is 3.75. The van der Waals surface area contributed by atoms with Crippen molar-refractivity contribution < 1.29 is 19.1 Å². The van der Waals surface area contributed by atoms with Crippen LogP contribution in [0.15, 0.2) is 78.9 Å². The molecule has 5 heteroatoms. The summed E-state index contributed by atoms with van der Waals surface area (Å²) in [5, 5.41) is 0. The lowest BCUT2D eigenvalue weighted by atomic mass is 9.95. The van der Waals surface area contributed by atoms with Crippen molar-refractivity contribution in [2.24, 2.45) is 0 Å². The average Bonchev–Trinajstić information content (AvgIpc) is 2.70. The Kier molecular flexibility index (Phi) is 6.62. The third-order valence-electron chi connectivity index (χ3n) is 4.06. The molecule has 3 aromatic carbocycles. The van der Waals surface area contributed by atoms with Gasteiger partial charge in [0, 0.05) is 23.9 Å². The molecule has 0 heterocycles. The van der Waals surface area contributed by atoms with Crippen molar-refractivity contribution in [2.75, 3.05) is 0 Å². The minimum atomic E-state index is -0.361. The van der Waals surface area contributed by atoms with Crippen molar-refractivity contribution in [3.8, 4) is 11.5 Å². The summed E-state index contributed by atoms with van der Waals surface area (Å²) in [6.07, 6.45) is 0. The van der Waals surface area contributed by atoms with Crippen molar-refractivity contribution in [3.63, 3.8) is 0 Å². The van der Waals surface area contributed by atoms with Gasteiger partial charge in [-0.15, -0.1) is 0 Å². The zero-order chi connectivity index (χ0) is 20.8. The molecule has 29 heavy (non-hydrogen) atoms. The molecular weight excluding hydrogens is 432 g/mol. The van der Waals surface area contributed by atoms with Crippen LogP contribution in [0.3, 0.4) is 0 Å². The third kappa shape index (κ3) is 5.42. The van der Waals surface area contributed by atoms with Gasteiger partial charge in [-0.05, 0) is 56.9 Å². The Labute approximate surface area is 177 Å². The van der Waals surface area contributed by atoms with Crippen LogP contribution in [-0.2, 0) is 9.59 Å². The summed E-state index contributed by atoms with van der Waals surface area (Å²) in [7, 11) is 0. The van der Waals surface area contributed by atoms with E-state index in [1.807, 2.05) is 54.6 Å². The maximum absolute atomic E-state index is 11.2. The molecule has 146 valence electrons. The smallest absolute Gasteiger partial charge is 0.308 e. The first-order valence-corrected chi connectivity index (χ1v) is 9.76. The average molecular weight is 451 g/mol. The predicted octanol–water partition coefficient (Wildman–Crippen LogP) is 5.85. The highest BCUT2D eigenvalue weighted by Crippen LogP contribution is 2.37. The zero-order valence-corrected chi connectivity index (χ0v) is 17.6. The molecule has 4 nitrogen and oxygen atoms in total.